The van der Waals surface area contributed by atoms with E-state index in [1.807, 2.05) is 24.4 Å². The van der Waals surface area contributed by atoms with Gasteiger partial charge in [-0.2, -0.15) is 0 Å². The van der Waals surface area contributed by atoms with Crippen molar-refractivity contribution in [2.24, 2.45) is 0 Å². The van der Waals surface area contributed by atoms with Crippen LogP contribution in [0, 0.1) is 5.82 Å². The van der Waals surface area contributed by atoms with Gasteiger partial charge in [0.25, 0.3) is 0 Å². The molecule has 1 atom stereocenters. The Balaban J connectivity index is 1.60. The molecule has 2 heterocycles. The Bertz CT molecular complexity index is 802. The van der Waals surface area contributed by atoms with Gasteiger partial charge in [-0.15, -0.1) is 0 Å². The minimum Gasteiger partial charge on any atom is -0.469 e. The van der Waals surface area contributed by atoms with E-state index in [-0.39, 0.29) is 11.7 Å². The van der Waals surface area contributed by atoms with Gasteiger partial charge in [-0.3, -0.25) is 9.78 Å². The number of halogens is 1. The lowest BCUT2D eigenvalue weighted by atomic mass is 9.93. The van der Waals surface area contributed by atoms with Crippen LogP contribution in [0.15, 0.2) is 71.6 Å². The molecule has 3 aromatic rings. The van der Waals surface area contributed by atoms with Gasteiger partial charge >= 0.3 is 0 Å². The molecule has 0 bridgehead atoms. The van der Waals surface area contributed by atoms with Gasteiger partial charge in [0.05, 0.1) is 12.2 Å². The average molecular weight is 352 g/mol. The summed E-state index contributed by atoms with van der Waals surface area (Å²) in [5.41, 5.74) is 1.92. The van der Waals surface area contributed by atoms with E-state index in [0.29, 0.717) is 13.0 Å². The molecule has 4 nitrogen and oxygen atoms in total. The zero-order valence-corrected chi connectivity index (χ0v) is 14.4. The van der Waals surface area contributed by atoms with E-state index in [1.54, 1.807) is 30.7 Å². The van der Waals surface area contributed by atoms with Crippen LogP contribution >= 0.6 is 0 Å². The second kappa shape index (κ2) is 8.94. The number of benzene rings is 1. The standard InChI is InChI=1S/C21H21FN2O2/c22-18-9-7-17(8-10-18)20(14-19-6-3-13-26-19)21(25)24-12-2-5-16-4-1-11-23-15-16/h1,3-4,6-11,13,15,20H,2,5,12,14H2,(H,24,25). The maximum absolute atomic E-state index is 13.2. The van der Waals surface area contributed by atoms with Crippen molar-refractivity contribution >= 4 is 5.91 Å². The highest BCUT2D eigenvalue weighted by Crippen LogP contribution is 2.22. The van der Waals surface area contributed by atoms with Crippen molar-refractivity contribution in [2.45, 2.75) is 25.2 Å². The summed E-state index contributed by atoms with van der Waals surface area (Å²) in [7, 11) is 0. The van der Waals surface area contributed by atoms with Gasteiger partial charge in [-0.1, -0.05) is 18.2 Å². The molecule has 0 aliphatic heterocycles. The first-order chi connectivity index (χ1) is 12.7. The summed E-state index contributed by atoms with van der Waals surface area (Å²) in [5.74, 6) is -0.0912. The fraction of sp³-hybridized carbons (Fsp3) is 0.238. The molecule has 3 rings (SSSR count). The fourth-order valence-corrected chi connectivity index (χ4v) is 2.86. The van der Waals surface area contributed by atoms with Crippen LogP contribution in [0.3, 0.4) is 0 Å². The molecule has 0 saturated heterocycles. The van der Waals surface area contributed by atoms with Gasteiger partial charge in [0.1, 0.15) is 11.6 Å². The highest BCUT2D eigenvalue weighted by molar-refractivity contribution is 5.83. The van der Waals surface area contributed by atoms with E-state index < -0.39 is 5.92 Å². The number of furan rings is 1. The Morgan fingerprint density at radius 3 is 2.69 bits per heavy atom. The van der Waals surface area contributed by atoms with E-state index in [1.165, 1.54) is 12.1 Å². The van der Waals surface area contributed by atoms with E-state index >= 15 is 0 Å². The normalized spacial score (nSPS) is 11.9. The van der Waals surface area contributed by atoms with Crippen LogP contribution in [-0.4, -0.2) is 17.4 Å². The fourth-order valence-electron chi connectivity index (χ4n) is 2.86. The number of aryl methyl sites for hydroxylation is 1. The van der Waals surface area contributed by atoms with Crippen LogP contribution in [-0.2, 0) is 17.6 Å². The number of aromatic nitrogens is 1. The molecule has 26 heavy (non-hydrogen) atoms. The smallest absolute Gasteiger partial charge is 0.228 e. The summed E-state index contributed by atoms with van der Waals surface area (Å²) in [6, 6.07) is 13.6. The first kappa shape index (κ1) is 17.9. The molecule has 0 spiro atoms. The Labute approximate surface area is 152 Å². The molecule has 0 fully saturated rings. The first-order valence-electron chi connectivity index (χ1n) is 8.67. The number of nitrogens with zero attached hydrogens (tertiary/aromatic N) is 1. The number of amides is 1. The van der Waals surface area contributed by atoms with Crippen molar-refractivity contribution in [1.29, 1.82) is 0 Å². The molecule has 0 aliphatic rings. The molecule has 1 aromatic carbocycles. The molecule has 1 amide bonds. The maximum Gasteiger partial charge on any atom is 0.228 e. The third-order valence-corrected chi connectivity index (χ3v) is 4.24. The lowest BCUT2D eigenvalue weighted by Gasteiger charge is -2.16. The number of rotatable bonds is 8. The molecular weight excluding hydrogens is 331 g/mol. The van der Waals surface area contributed by atoms with E-state index in [9.17, 15) is 9.18 Å². The van der Waals surface area contributed by atoms with Crippen LogP contribution in [0.25, 0.3) is 0 Å². The maximum atomic E-state index is 13.2. The van der Waals surface area contributed by atoms with Crippen LogP contribution in [0.4, 0.5) is 4.39 Å². The number of nitrogens with one attached hydrogen (secondary N) is 1. The third kappa shape index (κ3) is 5.02. The van der Waals surface area contributed by atoms with Gasteiger partial charge in [0, 0.05) is 25.4 Å². The molecule has 0 radical (unpaired) electrons. The van der Waals surface area contributed by atoms with Gasteiger partial charge in [-0.05, 0) is 54.3 Å². The average Bonchev–Trinajstić information content (AvgIpc) is 3.18. The quantitative estimate of drug-likeness (QED) is 0.626. The minimum atomic E-state index is -0.417. The molecule has 1 N–H and O–H groups in total. The number of hydrogen-bond acceptors (Lipinski definition) is 3. The Morgan fingerprint density at radius 2 is 2.00 bits per heavy atom. The van der Waals surface area contributed by atoms with Gasteiger partial charge in [-0.25, -0.2) is 4.39 Å². The zero-order chi connectivity index (χ0) is 18.2. The number of carbonyl (C=O) groups excluding carboxylic acids is 1. The van der Waals surface area contributed by atoms with Crippen molar-refractivity contribution in [3.63, 3.8) is 0 Å². The predicted octanol–water partition coefficient (Wildman–Crippen LogP) is 3.89. The minimum absolute atomic E-state index is 0.0841. The van der Waals surface area contributed by atoms with E-state index in [0.717, 1.165) is 29.7 Å². The summed E-state index contributed by atoms with van der Waals surface area (Å²) in [4.78, 5) is 16.8. The number of pyridine rings is 1. The second-order valence-corrected chi connectivity index (χ2v) is 6.14. The van der Waals surface area contributed by atoms with Crippen molar-refractivity contribution < 1.29 is 13.6 Å². The molecule has 0 saturated carbocycles. The van der Waals surface area contributed by atoms with Crippen LogP contribution in [0.2, 0.25) is 0 Å². The first-order valence-corrected chi connectivity index (χ1v) is 8.67. The van der Waals surface area contributed by atoms with Crippen LogP contribution < -0.4 is 5.32 Å². The topological polar surface area (TPSA) is 55.1 Å². The van der Waals surface area contributed by atoms with Gasteiger partial charge < -0.3 is 9.73 Å². The summed E-state index contributed by atoms with van der Waals surface area (Å²) in [6.07, 6.45) is 7.28. The van der Waals surface area contributed by atoms with Crippen molar-refractivity contribution in [3.05, 3.63) is 89.9 Å². The largest absolute Gasteiger partial charge is 0.469 e. The Hall–Kier alpha value is -2.95. The lowest BCUT2D eigenvalue weighted by Crippen LogP contribution is -2.31. The lowest BCUT2D eigenvalue weighted by molar-refractivity contribution is -0.122. The van der Waals surface area contributed by atoms with Crippen LogP contribution in [0.1, 0.15) is 29.2 Å². The molecule has 1 unspecified atom stereocenters. The number of hydrogen-bond donors (Lipinski definition) is 1. The second-order valence-electron chi connectivity index (χ2n) is 6.14. The summed E-state index contributed by atoms with van der Waals surface area (Å²) < 4.78 is 18.6. The van der Waals surface area contributed by atoms with E-state index in [2.05, 4.69) is 10.3 Å². The van der Waals surface area contributed by atoms with Gasteiger partial charge in [0.2, 0.25) is 5.91 Å². The zero-order valence-electron chi connectivity index (χ0n) is 14.4. The highest BCUT2D eigenvalue weighted by Gasteiger charge is 2.22. The van der Waals surface area contributed by atoms with Crippen molar-refractivity contribution in [2.75, 3.05) is 6.54 Å². The van der Waals surface area contributed by atoms with Gasteiger partial charge in [0.15, 0.2) is 0 Å². The Kier molecular flexibility index (Phi) is 6.14. The third-order valence-electron chi connectivity index (χ3n) is 4.24. The Morgan fingerprint density at radius 1 is 1.15 bits per heavy atom. The highest BCUT2D eigenvalue weighted by atomic mass is 19.1. The monoisotopic (exact) mass is 352 g/mol. The van der Waals surface area contributed by atoms with E-state index in [4.69, 9.17) is 4.42 Å². The molecule has 2 aromatic heterocycles. The summed E-state index contributed by atoms with van der Waals surface area (Å²) >= 11 is 0. The molecular formula is C21H21FN2O2. The van der Waals surface area contributed by atoms with Crippen LogP contribution in [0.5, 0.6) is 0 Å². The summed E-state index contributed by atoms with van der Waals surface area (Å²) in [5, 5.41) is 2.98. The SMILES string of the molecule is O=C(NCCCc1cccnc1)C(Cc1ccco1)c1ccc(F)cc1. The molecule has 0 aliphatic carbocycles. The van der Waals surface area contributed by atoms with Crippen molar-refractivity contribution in [3.8, 4) is 0 Å². The van der Waals surface area contributed by atoms with Crippen molar-refractivity contribution in [1.82, 2.24) is 10.3 Å². The summed E-state index contributed by atoms with van der Waals surface area (Å²) in [6.45, 7) is 0.573. The molecule has 5 heteroatoms. The predicted molar refractivity (Wildman–Crippen MR) is 97.1 cm³/mol. The number of carbonyl (C=O) groups is 1. The molecule has 134 valence electrons.